The Bertz CT molecular complexity index is 157. The van der Waals surface area contributed by atoms with Gasteiger partial charge in [-0.2, -0.15) is 11.8 Å². The number of aliphatic hydroxyl groups is 1. The Morgan fingerprint density at radius 1 is 1.36 bits per heavy atom. The smallest absolute Gasteiger partial charge is 0.0771 e. The molecule has 1 aliphatic rings. The molecule has 0 bridgehead atoms. The van der Waals surface area contributed by atoms with Gasteiger partial charge in [0.25, 0.3) is 0 Å². The second kappa shape index (κ2) is 5.99. The summed E-state index contributed by atoms with van der Waals surface area (Å²) in [5.41, 5.74) is -0.412. The highest BCUT2D eigenvalue weighted by Crippen LogP contribution is 2.27. The number of rotatable bonds is 5. The van der Waals surface area contributed by atoms with Gasteiger partial charge in [0.1, 0.15) is 0 Å². The predicted octanol–water partition coefficient (Wildman–Crippen LogP) is 2.02. The molecule has 1 atom stereocenters. The summed E-state index contributed by atoms with van der Waals surface area (Å²) in [6.45, 7) is 2.96. The van der Waals surface area contributed by atoms with Crippen molar-refractivity contribution in [2.24, 2.45) is 0 Å². The summed E-state index contributed by atoms with van der Waals surface area (Å²) >= 11 is 1.85. The summed E-state index contributed by atoms with van der Waals surface area (Å²) in [5, 5.41) is 13.6. The molecule has 0 radical (unpaired) electrons. The first-order valence-electron chi connectivity index (χ1n) is 5.61. The highest BCUT2D eigenvalue weighted by molar-refractivity contribution is 7.98. The Labute approximate surface area is 91.9 Å². The number of hydrogen-bond donors (Lipinski definition) is 2. The van der Waals surface area contributed by atoms with Gasteiger partial charge in [0.15, 0.2) is 0 Å². The van der Waals surface area contributed by atoms with Crippen LogP contribution in [0, 0.1) is 0 Å². The van der Waals surface area contributed by atoms with Gasteiger partial charge >= 0.3 is 0 Å². The van der Waals surface area contributed by atoms with Crippen molar-refractivity contribution in [3.8, 4) is 0 Å². The summed E-state index contributed by atoms with van der Waals surface area (Å²) in [7, 11) is 0. The SMILES string of the molecule is CSCC(C)NCC1(O)CCCCC1. The summed E-state index contributed by atoms with van der Waals surface area (Å²) in [5.74, 6) is 1.12. The van der Waals surface area contributed by atoms with Crippen molar-refractivity contribution >= 4 is 11.8 Å². The molecule has 1 saturated carbocycles. The van der Waals surface area contributed by atoms with Crippen LogP contribution in [0.15, 0.2) is 0 Å². The lowest BCUT2D eigenvalue weighted by Crippen LogP contribution is -2.45. The van der Waals surface area contributed by atoms with Crippen LogP contribution in [0.4, 0.5) is 0 Å². The Balaban J connectivity index is 2.21. The molecule has 0 aromatic rings. The number of nitrogens with one attached hydrogen (secondary N) is 1. The van der Waals surface area contributed by atoms with E-state index in [-0.39, 0.29) is 0 Å². The molecule has 2 N–H and O–H groups in total. The molecule has 84 valence electrons. The maximum atomic E-state index is 10.2. The first-order valence-corrected chi connectivity index (χ1v) is 7.00. The van der Waals surface area contributed by atoms with Gasteiger partial charge in [0.2, 0.25) is 0 Å². The minimum atomic E-state index is -0.412. The zero-order valence-corrected chi connectivity index (χ0v) is 10.2. The van der Waals surface area contributed by atoms with E-state index in [0.717, 1.165) is 25.1 Å². The summed E-state index contributed by atoms with van der Waals surface area (Å²) in [6.07, 6.45) is 7.75. The lowest BCUT2D eigenvalue weighted by Gasteiger charge is -2.33. The van der Waals surface area contributed by atoms with Crippen molar-refractivity contribution in [2.45, 2.75) is 50.7 Å². The lowest BCUT2D eigenvalue weighted by atomic mass is 9.85. The van der Waals surface area contributed by atoms with Crippen LogP contribution in [0.5, 0.6) is 0 Å². The molecule has 0 heterocycles. The van der Waals surface area contributed by atoms with Crippen LogP contribution in [0.1, 0.15) is 39.0 Å². The van der Waals surface area contributed by atoms with Crippen LogP contribution in [0.2, 0.25) is 0 Å². The zero-order valence-electron chi connectivity index (χ0n) is 9.38. The molecular formula is C11H23NOS. The maximum absolute atomic E-state index is 10.2. The van der Waals surface area contributed by atoms with Gasteiger partial charge in [-0.1, -0.05) is 19.3 Å². The third-order valence-corrected chi connectivity index (χ3v) is 3.81. The van der Waals surface area contributed by atoms with Crippen LogP contribution in [0.3, 0.4) is 0 Å². The van der Waals surface area contributed by atoms with E-state index in [4.69, 9.17) is 0 Å². The summed E-state index contributed by atoms with van der Waals surface area (Å²) < 4.78 is 0. The minimum Gasteiger partial charge on any atom is -0.389 e. The van der Waals surface area contributed by atoms with Crippen molar-refractivity contribution in [3.05, 3.63) is 0 Å². The van der Waals surface area contributed by atoms with E-state index in [1.54, 1.807) is 0 Å². The van der Waals surface area contributed by atoms with E-state index >= 15 is 0 Å². The first kappa shape index (κ1) is 12.3. The molecule has 0 spiro atoms. The van der Waals surface area contributed by atoms with Crippen molar-refractivity contribution in [3.63, 3.8) is 0 Å². The molecule has 1 fully saturated rings. The topological polar surface area (TPSA) is 32.3 Å². The van der Waals surface area contributed by atoms with Gasteiger partial charge in [0, 0.05) is 18.3 Å². The summed E-state index contributed by atoms with van der Waals surface area (Å²) in [4.78, 5) is 0. The van der Waals surface area contributed by atoms with Gasteiger partial charge < -0.3 is 10.4 Å². The number of thioether (sulfide) groups is 1. The van der Waals surface area contributed by atoms with Crippen molar-refractivity contribution in [1.82, 2.24) is 5.32 Å². The maximum Gasteiger partial charge on any atom is 0.0771 e. The lowest BCUT2D eigenvalue weighted by molar-refractivity contribution is 0.00355. The average Bonchev–Trinajstić information content (AvgIpc) is 2.17. The molecule has 0 aromatic heterocycles. The van der Waals surface area contributed by atoms with Crippen LogP contribution in [-0.2, 0) is 0 Å². The van der Waals surface area contributed by atoms with Gasteiger partial charge in [0.05, 0.1) is 5.60 Å². The van der Waals surface area contributed by atoms with Gasteiger partial charge in [-0.3, -0.25) is 0 Å². The second-order valence-corrected chi connectivity index (χ2v) is 5.43. The van der Waals surface area contributed by atoms with Crippen LogP contribution < -0.4 is 5.32 Å². The average molecular weight is 217 g/mol. The van der Waals surface area contributed by atoms with Gasteiger partial charge in [-0.15, -0.1) is 0 Å². The van der Waals surface area contributed by atoms with Crippen LogP contribution in [-0.4, -0.2) is 35.3 Å². The molecule has 3 heteroatoms. The third kappa shape index (κ3) is 4.20. The van der Waals surface area contributed by atoms with E-state index < -0.39 is 5.60 Å². The van der Waals surface area contributed by atoms with Crippen molar-refractivity contribution in [2.75, 3.05) is 18.6 Å². The van der Waals surface area contributed by atoms with Gasteiger partial charge in [-0.05, 0) is 26.0 Å². The molecule has 2 nitrogen and oxygen atoms in total. The normalized spacial score (nSPS) is 23.4. The second-order valence-electron chi connectivity index (χ2n) is 4.52. The van der Waals surface area contributed by atoms with Crippen LogP contribution >= 0.6 is 11.8 Å². The Morgan fingerprint density at radius 3 is 2.57 bits per heavy atom. The van der Waals surface area contributed by atoms with E-state index in [1.807, 2.05) is 11.8 Å². The molecule has 1 aliphatic carbocycles. The first-order chi connectivity index (χ1) is 6.66. The summed E-state index contributed by atoms with van der Waals surface area (Å²) in [6, 6.07) is 0.510. The fourth-order valence-corrected chi connectivity index (χ4v) is 2.68. The Hall–Kier alpha value is 0.270. The van der Waals surface area contributed by atoms with Gasteiger partial charge in [-0.25, -0.2) is 0 Å². The predicted molar refractivity (Wildman–Crippen MR) is 63.9 cm³/mol. The standard InChI is InChI=1S/C11H23NOS/c1-10(8-14-2)12-9-11(13)6-4-3-5-7-11/h10,12-13H,3-9H2,1-2H3. The van der Waals surface area contributed by atoms with Crippen LogP contribution in [0.25, 0.3) is 0 Å². The van der Waals surface area contributed by atoms with E-state index in [2.05, 4.69) is 18.5 Å². The molecule has 0 saturated heterocycles. The van der Waals surface area contributed by atoms with E-state index in [0.29, 0.717) is 6.04 Å². The minimum absolute atomic E-state index is 0.412. The molecule has 1 rings (SSSR count). The fourth-order valence-electron chi connectivity index (χ4n) is 2.06. The van der Waals surface area contributed by atoms with Crippen molar-refractivity contribution < 1.29 is 5.11 Å². The monoisotopic (exact) mass is 217 g/mol. The van der Waals surface area contributed by atoms with E-state index in [1.165, 1.54) is 19.3 Å². The van der Waals surface area contributed by atoms with E-state index in [9.17, 15) is 5.11 Å². The highest BCUT2D eigenvalue weighted by Gasteiger charge is 2.28. The molecule has 0 amide bonds. The number of hydrogen-bond acceptors (Lipinski definition) is 3. The molecule has 1 unspecified atom stereocenters. The van der Waals surface area contributed by atoms with Crippen molar-refractivity contribution in [1.29, 1.82) is 0 Å². The molecule has 14 heavy (non-hydrogen) atoms. The molecule has 0 aromatic carbocycles. The third-order valence-electron chi connectivity index (χ3n) is 2.98. The molecular weight excluding hydrogens is 194 g/mol. The Kier molecular flexibility index (Phi) is 5.28. The Morgan fingerprint density at radius 2 is 2.00 bits per heavy atom. The zero-order chi connectivity index (χ0) is 10.4. The quantitative estimate of drug-likeness (QED) is 0.739. The fraction of sp³-hybridized carbons (Fsp3) is 1.00. The molecule has 0 aliphatic heterocycles. The highest BCUT2D eigenvalue weighted by atomic mass is 32.2. The largest absolute Gasteiger partial charge is 0.389 e.